The van der Waals surface area contributed by atoms with E-state index >= 15 is 0 Å². The van der Waals surface area contributed by atoms with Gasteiger partial charge in [-0.15, -0.1) is 0 Å². The maximum absolute atomic E-state index is 12.2. The molecule has 0 atom stereocenters. The van der Waals surface area contributed by atoms with Crippen LogP contribution >= 0.6 is 7.14 Å². The number of carbonyl (C=O) groups excluding carboxylic acids is 1. The Morgan fingerprint density at radius 3 is 2.38 bits per heavy atom. The Hall–Kier alpha value is -2.59. The van der Waals surface area contributed by atoms with Crippen molar-refractivity contribution in [2.45, 2.75) is 6.61 Å². The summed E-state index contributed by atoms with van der Waals surface area (Å²) in [5.41, 5.74) is 1.01. The van der Waals surface area contributed by atoms with Gasteiger partial charge in [-0.3, -0.25) is 5.32 Å². The lowest BCUT2D eigenvalue weighted by Crippen LogP contribution is -2.16. The molecule has 126 valence electrons. The van der Waals surface area contributed by atoms with Gasteiger partial charge in [-0.1, -0.05) is 30.3 Å². The molecule has 0 aliphatic rings. The van der Waals surface area contributed by atoms with Crippen LogP contribution < -0.4 is 10.6 Å². The Bertz CT molecular complexity index is 798. The van der Waals surface area contributed by atoms with E-state index in [4.69, 9.17) is 9.84 Å². The van der Waals surface area contributed by atoms with Crippen molar-refractivity contribution in [1.29, 1.82) is 0 Å². The molecule has 0 unspecified atom stereocenters. The number of hydrogen-bond donors (Lipinski definition) is 2. The largest absolute Gasteiger partial charge is 0.478 e. The molecule has 0 aliphatic heterocycles. The summed E-state index contributed by atoms with van der Waals surface area (Å²) >= 11 is 0. The molecule has 0 bridgehead atoms. The zero-order valence-electron chi connectivity index (χ0n) is 13.4. The Balaban J connectivity index is 2.13. The van der Waals surface area contributed by atoms with Gasteiger partial charge in [0, 0.05) is 11.0 Å². The van der Waals surface area contributed by atoms with E-state index in [1.165, 1.54) is 31.5 Å². The van der Waals surface area contributed by atoms with Gasteiger partial charge >= 0.3 is 12.1 Å². The van der Waals surface area contributed by atoms with Crippen LogP contribution in [0.1, 0.15) is 15.9 Å². The molecular formula is C17H18NO5P. The first-order valence-corrected chi connectivity index (χ1v) is 9.77. The number of rotatable bonds is 5. The van der Waals surface area contributed by atoms with Crippen LogP contribution in [0.2, 0.25) is 0 Å². The van der Waals surface area contributed by atoms with Crippen molar-refractivity contribution < 1.29 is 24.0 Å². The van der Waals surface area contributed by atoms with Gasteiger partial charge in [-0.05, 0) is 37.1 Å². The Morgan fingerprint density at radius 2 is 1.79 bits per heavy atom. The Labute approximate surface area is 139 Å². The van der Waals surface area contributed by atoms with Crippen LogP contribution in [0, 0.1) is 0 Å². The number of carboxylic acids is 1. The lowest BCUT2D eigenvalue weighted by atomic mass is 10.2. The summed E-state index contributed by atoms with van der Waals surface area (Å²) in [5.74, 6) is -1.16. The van der Waals surface area contributed by atoms with Crippen LogP contribution in [0.15, 0.2) is 48.5 Å². The second-order valence-electron chi connectivity index (χ2n) is 5.61. The fourth-order valence-corrected chi connectivity index (χ4v) is 2.89. The number of benzene rings is 2. The van der Waals surface area contributed by atoms with Gasteiger partial charge in [0.2, 0.25) is 0 Å². The molecule has 2 aromatic carbocycles. The van der Waals surface area contributed by atoms with Gasteiger partial charge in [-0.25, -0.2) is 9.59 Å². The van der Waals surface area contributed by atoms with Gasteiger partial charge in [0.15, 0.2) is 0 Å². The molecule has 0 spiro atoms. The average molecular weight is 347 g/mol. The van der Waals surface area contributed by atoms with Crippen LogP contribution in [0.4, 0.5) is 10.5 Å². The summed E-state index contributed by atoms with van der Waals surface area (Å²) in [7, 11) is -2.67. The zero-order valence-corrected chi connectivity index (χ0v) is 14.2. The van der Waals surface area contributed by atoms with Crippen LogP contribution in [0.3, 0.4) is 0 Å². The van der Waals surface area contributed by atoms with Crippen molar-refractivity contribution >= 4 is 30.2 Å². The average Bonchev–Trinajstić information content (AvgIpc) is 2.53. The highest BCUT2D eigenvalue weighted by atomic mass is 31.2. The third-order valence-electron chi connectivity index (χ3n) is 3.25. The number of aromatic carboxylic acids is 1. The number of nitrogens with one attached hydrogen (secondary N) is 1. The summed E-state index contributed by atoms with van der Waals surface area (Å²) < 4.78 is 17.3. The quantitative estimate of drug-likeness (QED) is 0.809. The van der Waals surface area contributed by atoms with Gasteiger partial charge in [0.05, 0.1) is 5.56 Å². The Kier molecular flexibility index (Phi) is 5.42. The lowest BCUT2D eigenvalue weighted by Gasteiger charge is -2.12. The number of carboxylic acid groups (broad SMARTS) is 1. The number of hydrogen-bond acceptors (Lipinski definition) is 4. The Morgan fingerprint density at radius 1 is 1.12 bits per heavy atom. The highest BCUT2D eigenvalue weighted by Crippen LogP contribution is 2.35. The summed E-state index contributed by atoms with van der Waals surface area (Å²) in [6.07, 6.45) is -0.714. The first-order chi connectivity index (χ1) is 11.3. The molecule has 0 fully saturated rings. The van der Waals surface area contributed by atoms with Crippen molar-refractivity contribution in [3.8, 4) is 0 Å². The predicted molar refractivity (Wildman–Crippen MR) is 92.7 cm³/mol. The van der Waals surface area contributed by atoms with Crippen molar-refractivity contribution in [2.75, 3.05) is 18.6 Å². The third kappa shape index (κ3) is 4.96. The van der Waals surface area contributed by atoms with Crippen LogP contribution in [-0.2, 0) is 15.9 Å². The summed E-state index contributed by atoms with van der Waals surface area (Å²) in [6.45, 7) is 3.16. The van der Waals surface area contributed by atoms with E-state index in [1.807, 2.05) is 30.3 Å². The summed E-state index contributed by atoms with van der Waals surface area (Å²) in [6, 6.07) is 13.3. The minimum atomic E-state index is -2.67. The molecule has 2 rings (SSSR count). The molecule has 2 aromatic rings. The van der Waals surface area contributed by atoms with Crippen molar-refractivity contribution in [3.63, 3.8) is 0 Å². The fraction of sp³-hybridized carbons (Fsp3) is 0.176. The normalized spacial score (nSPS) is 10.9. The molecule has 0 aromatic heterocycles. The third-order valence-corrected chi connectivity index (χ3v) is 4.75. The van der Waals surface area contributed by atoms with E-state index in [9.17, 15) is 14.2 Å². The minimum Gasteiger partial charge on any atom is -0.478 e. The number of carbonyl (C=O) groups is 2. The van der Waals surface area contributed by atoms with Gasteiger partial charge < -0.3 is 14.4 Å². The number of amides is 1. The fourth-order valence-electron chi connectivity index (χ4n) is 1.99. The van der Waals surface area contributed by atoms with Crippen molar-refractivity contribution in [2.24, 2.45) is 0 Å². The van der Waals surface area contributed by atoms with Gasteiger partial charge in [0.25, 0.3) is 0 Å². The molecule has 0 radical (unpaired) electrons. The number of anilines is 1. The maximum atomic E-state index is 12.2. The van der Waals surface area contributed by atoms with E-state index in [0.717, 1.165) is 5.56 Å². The molecule has 1 amide bonds. The topological polar surface area (TPSA) is 92.7 Å². The number of ether oxygens (including phenoxy) is 1. The second kappa shape index (κ2) is 7.32. The summed E-state index contributed by atoms with van der Waals surface area (Å²) in [4.78, 5) is 23.1. The molecule has 0 saturated carbocycles. The second-order valence-corrected chi connectivity index (χ2v) is 8.83. The first-order valence-electron chi connectivity index (χ1n) is 7.17. The highest BCUT2D eigenvalue weighted by Gasteiger charge is 2.17. The molecule has 0 saturated heterocycles. The van der Waals surface area contributed by atoms with E-state index in [-0.39, 0.29) is 17.9 Å². The molecule has 7 heteroatoms. The van der Waals surface area contributed by atoms with Crippen LogP contribution in [-0.4, -0.2) is 30.5 Å². The minimum absolute atomic E-state index is 0.0465. The highest BCUT2D eigenvalue weighted by molar-refractivity contribution is 7.70. The van der Waals surface area contributed by atoms with E-state index < -0.39 is 19.2 Å². The first kappa shape index (κ1) is 17.8. The molecule has 24 heavy (non-hydrogen) atoms. The van der Waals surface area contributed by atoms with Crippen molar-refractivity contribution in [1.82, 2.24) is 0 Å². The van der Waals surface area contributed by atoms with Gasteiger partial charge in [0.1, 0.15) is 13.7 Å². The molecule has 6 nitrogen and oxygen atoms in total. The summed E-state index contributed by atoms with van der Waals surface area (Å²) in [5, 5.41) is 12.0. The zero-order chi connectivity index (χ0) is 17.7. The van der Waals surface area contributed by atoms with E-state index in [0.29, 0.717) is 5.30 Å². The monoisotopic (exact) mass is 347 g/mol. The van der Waals surface area contributed by atoms with E-state index in [1.54, 1.807) is 0 Å². The molecular weight excluding hydrogens is 329 g/mol. The molecule has 0 heterocycles. The van der Waals surface area contributed by atoms with E-state index in [2.05, 4.69) is 5.32 Å². The predicted octanol–water partition coefficient (Wildman–Crippen LogP) is 3.38. The molecule has 0 aliphatic carbocycles. The van der Waals surface area contributed by atoms with Crippen LogP contribution in [0.25, 0.3) is 0 Å². The van der Waals surface area contributed by atoms with Crippen molar-refractivity contribution in [3.05, 3.63) is 59.7 Å². The standard InChI is InChI=1S/C17H18NO5P/c1-24(2,22)15-9-13(16(19)20)8-14(10-15)18-17(21)23-11-12-6-4-3-5-7-12/h3-10H,11H2,1-2H3,(H,18,21)(H,19,20). The van der Waals surface area contributed by atoms with Crippen LogP contribution in [0.5, 0.6) is 0 Å². The smallest absolute Gasteiger partial charge is 0.411 e. The lowest BCUT2D eigenvalue weighted by molar-refractivity contribution is 0.0697. The van der Waals surface area contributed by atoms with Gasteiger partial charge in [-0.2, -0.15) is 0 Å². The molecule has 2 N–H and O–H groups in total. The maximum Gasteiger partial charge on any atom is 0.411 e. The SMILES string of the molecule is CP(C)(=O)c1cc(NC(=O)OCc2ccccc2)cc(C(=O)O)c1.